The van der Waals surface area contributed by atoms with Gasteiger partial charge in [-0.25, -0.2) is 0 Å². The Kier molecular flexibility index (Phi) is 2.18. The minimum absolute atomic E-state index is 0.204. The van der Waals surface area contributed by atoms with E-state index in [9.17, 15) is 10.2 Å². The van der Waals surface area contributed by atoms with Gasteiger partial charge in [0.05, 0.1) is 5.69 Å². The van der Waals surface area contributed by atoms with Gasteiger partial charge in [0, 0.05) is 28.5 Å². The van der Waals surface area contributed by atoms with Gasteiger partial charge in [-0.2, -0.15) is 0 Å². The van der Waals surface area contributed by atoms with Crippen molar-refractivity contribution < 1.29 is 10.2 Å². The van der Waals surface area contributed by atoms with Crippen molar-refractivity contribution in [1.29, 1.82) is 0 Å². The van der Waals surface area contributed by atoms with Crippen LogP contribution >= 0.6 is 0 Å². The Hall–Kier alpha value is -2.68. The zero-order valence-corrected chi connectivity index (χ0v) is 10.7. The number of allylic oxidation sites excluding steroid dienone is 1. The Morgan fingerprint density at radius 1 is 0.900 bits per heavy atom. The van der Waals surface area contributed by atoms with Crippen molar-refractivity contribution in [3.63, 3.8) is 0 Å². The number of rotatable bonds is 1. The number of nitrogens with one attached hydrogen (secondary N) is 1. The van der Waals surface area contributed by atoms with Gasteiger partial charge in [-0.1, -0.05) is 36.4 Å². The maximum atomic E-state index is 10.4. The fourth-order valence-electron chi connectivity index (χ4n) is 2.89. The highest BCUT2D eigenvalue weighted by atomic mass is 16.3. The lowest BCUT2D eigenvalue weighted by molar-refractivity contribution is 0.478. The molecule has 3 aromatic rings. The fraction of sp³-hybridized carbons (Fsp3) is 0.0588. The van der Waals surface area contributed by atoms with E-state index in [0.717, 1.165) is 27.6 Å². The number of aliphatic hydroxyl groups is 1. The monoisotopic (exact) mass is 263 g/mol. The van der Waals surface area contributed by atoms with Gasteiger partial charge in [0.2, 0.25) is 0 Å². The number of aromatic hydroxyl groups is 1. The molecule has 0 saturated carbocycles. The topological polar surface area (TPSA) is 56.2 Å². The van der Waals surface area contributed by atoms with Crippen LogP contribution in [-0.4, -0.2) is 15.2 Å². The van der Waals surface area contributed by atoms with Crippen LogP contribution in [0.25, 0.3) is 22.2 Å². The van der Waals surface area contributed by atoms with Gasteiger partial charge in [-0.05, 0) is 17.7 Å². The summed E-state index contributed by atoms with van der Waals surface area (Å²) in [5, 5.41) is 21.5. The highest BCUT2D eigenvalue weighted by molar-refractivity contribution is 5.99. The normalized spacial score (nSPS) is 14.0. The Labute approximate surface area is 115 Å². The second kappa shape index (κ2) is 3.90. The van der Waals surface area contributed by atoms with Crippen LogP contribution < -0.4 is 0 Å². The van der Waals surface area contributed by atoms with Crippen molar-refractivity contribution >= 4 is 22.2 Å². The molecule has 4 rings (SSSR count). The van der Waals surface area contributed by atoms with Crippen molar-refractivity contribution in [2.75, 3.05) is 0 Å². The first-order valence-corrected chi connectivity index (χ1v) is 6.56. The molecular weight excluding hydrogens is 250 g/mol. The Morgan fingerprint density at radius 2 is 1.65 bits per heavy atom. The maximum Gasteiger partial charge on any atom is 0.148 e. The van der Waals surface area contributed by atoms with Crippen molar-refractivity contribution in [1.82, 2.24) is 4.98 Å². The van der Waals surface area contributed by atoms with E-state index in [1.807, 2.05) is 48.5 Å². The van der Waals surface area contributed by atoms with Gasteiger partial charge in [0.25, 0.3) is 0 Å². The molecule has 0 aliphatic heterocycles. The van der Waals surface area contributed by atoms with Crippen molar-refractivity contribution in [2.24, 2.45) is 0 Å². The van der Waals surface area contributed by atoms with Crippen LogP contribution in [0.3, 0.4) is 0 Å². The first-order valence-electron chi connectivity index (χ1n) is 6.56. The van der Waals surface area contributed by atoms with E-state index in [1.165, 1.54) is 0 Å². The van der Waals surface area contributed by atoms with Crippen LogP contribution in [0.1, 0.15) is 16.8 Å². The lowest BCUT2D eigenvalue weighted by Gasteiger charge is -2.01. The minimum Gasteiger partial charge on any atom is -0.507 e. The molecule has 0 fully saturated rings. The minimum atomic E-state index is 0.204. The maximum absolute atomic E-state index is 10.4. The number of hydrogen-bond acceptors (Lipinski definition) is 2. The number of hydrogen-bond donors (Lipinski definition) is 3. The van der Waals surface area contributed by atoms with Crippen LogP contribution in [0.2, 0.25) is 0 Å². The standard InChI is InChI=1S/C17H13NO2/c19-16-11-6-2-1-5-10(11)9-13(16)15-17(20)12-7-3-4-8-14(12)18-15/h1-8,18-20H,9H2. The van der Waals surface area contributed by atoms with Crippen molar-refractivity contribution in [3.8, 4) is 5.75 Å². The molecule has 2 aromatic carbocycles. The van der Waals surface area contributed by atoms with E-state index in [-0.39, 0.29) is 11.5 Å². The Balaban J connectivity index is 1.94. The molecule has 1 aliphatic carbocycles. The molecule has 1 heterocycles. The second-order valence-electron chi connectivity index (χ2n) is 5.06. The second-order valence-corrected chi connectivity index (χ2v) is 5.06. The molecule has 1 aromatic heterocycles. The number of para-hydroxylation sites is 1. The molecule has 0 spiro atoms. The van der Waals surface area contributed by atoms with E-state index >= 15 is 0 Å². The summed E-state index contributed by atoms with van der Waals surface area (Å²) < 4.78 is 0. The van der Waals surface area contributed by atoms with Crippen LogP contribution in [-0.2, 0) is 6.42 Å². The molecule has 98 valence electrons. The van der Waals surface area contributed by atoms with Gasteiger partial charge in [-0.3, -0.25) is 0 Å². The van der Waals surface area contributed by atoms with Crippen LogP contribution in [0, 0.1) is 0 Å². The number of aromatic nitrogens is 1. The average Bonchev–Trinajstić information content (AvgIpc) is 2.98. The van der Waals surface area contributed by atoms with Crippen LogP contribution in [0.4, 0.5) is 0 Å². The third-order valence-corrected chi connectivity index (χ3v) is 3.91. The summed E-state index contributed by atoms with van der Waals surface area (Å²) in [6, 6.07) is 15.3. The van der Waals surface area contributed by atoms with Crippen molar-refractivity contribution in [2.45, 2.75) is 6.42 Å². The predicted octanol–water partition coefficient (Wildman–Crippen LogP) is 3.86. The van der Waals surface area contributed by atoms with Gasteiger partial charge < -0.3 is 15.2 Å². The molecule has 3 N–H and O–H groups in total. The SMILES string of the molecule is OC1=C(c2[nH]c3ccccc3c2O)Cc2ccccc21. The zero-order chi connectivity index (χ0) is 13.7. The molecule has 3 nitrogen and oxygen atoms in total. The lowest BCUT2D eigenvalue weighted by atomic mass is 10.1. The number of H-pyrrole nitrogens is 1. The number of aromatic amines is 1. The summed E-state index contributed by atoms with van der Waals surface area (Å²) >= 11 is 0. The highest BCUT2D eigenvalue weighted by Crippen LogP contribution is 2.41. The molecule has 20 heavy (non-hydrogen) atoms. The largest absolute Gasteiger partial charge is 0.507 e. The third kappa shape index (κ3) is 1.40. The van der Waals surface area contributed by atoms with E-state index in [2.05, 4.69) is 4.98 Å². The summed E-state index contributed by atoms with van der Waals surface area (Å²) in [6.07, 6.45) is 0.627. The average molecular weight is 263 g/mol. The molecular formula is C17H13NO2. The van der Waals surface area contributed by atoms with E-state index in [4.69, 9.17) is 0 Å². The van der Waals surface area contributed by atoms with E-state index in [1.54, 1.807) is 0 Å². The number of benzene rings is 2. The molecule has 0 unspecified atom stereocenters. The Bertz CT molecular complexity index is 858. The van der Waals surface area contributed by atoms with Crippen LogP contribution in [0.15, 0.2) is 48.5 Å². The van der Waals surface area contributed by atoms with Gasteiger partial charge in [0.1, 0.15) is 11.5 Å². The molecule has 0 radical (unpaired) electrons. The fourth-order valence-corrected chi connectivity index (χ4v) is 2.89. The number of fused-ring (bicyclic) bond motifs is 2. The first-order chi connectivity index (χ1) is 9.75. The quantitative estimate of drug-likeness (QED) is 0.624. The molecule has 3 heteroatoms. The predicted molar refractivity (Wildman–Crippen MR) is 79.6 cm³/mol. The van der Waals surface area contributed by atoms with Crippen LogP contribution in [0.5, 0.6) is 5.75 Å². The summed E-state index contributed by atoms with van der Waals surface area (Å²) in [5.41, 5.74) is 4.16. The highest BCUT2D eigenvalue weighted by Gasteiger charge is 2.25. The van der Waals surface area contributed by atoms with Crippen molar-refractivity contribution in [3.05, 3.63) is 65.4 Å². The van der Waals surface area contributed by atoms with Gasteiger partial charge in [-0.15, -0.1) is 0 Å². The third-order valence-electron chi connectivity index (χ3n) is 3.91. The first kappa shape index (κ1) is 11.2. The molecule has 1 aliphatic rings. The Morgan fingerprint density at radius 3 is 2.45 bits per heavy atom. The number of aliphatic hydroxyl groups excluding tert-OH is 1. The molecule has 0 saturated heterocycles. The van der Waals surface area contributed by atoms with E-state index < -0.39 is 0 Å². The van der Waals surface area contributed by atoms with E-state index in [0.29, 0.717) is 12.1 Å². The zero-order valence-electron chi connectivity index (χ0n) is 10.7. The summed E-state index contributed by atoms with van der Waals surface area (Å²) in [6.45, 7) is 0. The summed E-state index contributed by atoms with van der Waals surface area (Å²) in [4.78, 5) is 3.20. The molecule has 0 bridgehead atoms. The van der Waals surface area contributed by atoms with Gasteiger partial charge in [0.15, 0.2) is 0 Å². The smallest absolute Gasteiger partial charge is 0.148 e. The molecule has 0 amide bonds. The lowest BCUT2D eigenvalue weighted by Crippen LogP contribution is -1.87. The summed E-state index contributed by atoms with van der Waals surface area (Å²) in [5.74, 6) is 0.456. The summed E-state index contributed by atoms with van der Waals surface area (Å²) in [7, 11) is 0. The van der Waals surface area contributed by atoms with Gasteiger partial charge >= 0.3 is 0 Å². The molecule has 0 atom stereocenters.